The van der Waals surface area contributed by atoms with Crippen LogP contribution in [0.5, 0.6) is 5.75 Å². The van der Waals surface area contributed by atoms with Crippen molar-refractivity contribution in [2.75, 3.05) is 0 Å². The predicted octanol–water partition coefficient (Wildman–Crippen LogP) is 3.53. The summed E-state index contributed by atoms with van der Waals surface area (Å²) >= 11 is 1.70. The highest BCUT2D eigenvalue weighted by molar-refractivity contribution is 7.09. The number of nitrogens with one attached hydrogen (secondary N) is 1. The summed E-state index contributed by atoms with van der Waals surface area (Å²) in [6.07, 6.45) is 0.211. The fourth-order valence-corrected chi connectivity index (χ4v) is 2.56. The largest absolute Gasteiger partial charge is 0.491 e. The van der Waals surface area contributed by atoms with Gasteiger partial charge in [-0.1, -0.05) is 12.1 Å². The van der Waals surface area contributed by atoms with E-state index in [1.54, 1.807) is 11.3 Å². The van der Waals surface area contributed by atoms with Gasteiger partial charge in [0.05, 0.1) is 17.3 Å². The minimum absolute atomic E-state index is 0.211. The molecule has 1 aromatic carbocycles. The lowest BCUT2D eigenvalue weighted by molar-refractivity contribution is 0.242. The maximum absolute atomic E-state index is 5.69. The molecule has 1 aromatic heterocycles. The zero-order valence-corrected chi connectivity index (χ0v) is 12.5. The third-order valence-corrected chi connectivity index (χ3v) is 3.66. The zero-order chi connectivity index (χ0) is 13.7. The number of ether oxygens (including phenoxy) is 1. The molecule has 0 spiro atoms. The zero-order valence-electron chi connectivity index (χ0n) is 11.6. The first-order chi connectivity index (χ1) is 9.15. The van der Waals surface area contributed by atoms with Crippen LogP contribution in [0.25, 0.3) is 0 Å². The van der Waals surface area contributed by atoms with Gasteiger partial charge in [0, 0.05) is 18.0 Å². The van der Waals surface area contributed by atoms with Crippen LogP contribution in [0.2, 0.25) is 0 Å². The summed E-state index contributed by atoms with van der Waals surface area (Å²) in [6, 6.07) is 8.23. The van der Waals surface area contributed by atoms with Crippen LogP contribution in [0.3, 0.4) is 0 Å². The minimum atomic E-state index is 0.211. The van der Waals surface area contributed by atoms with Gasteiger partial charge < -0.3 is 10.1 Å². The number of benzene rings is 1. The summed E-state index contributed by atoms with van der Waals surface area (Å²) in [6.45, 7) is 7.83. The van der Waals surface area contributed by atoms with E-state index in [0.29, 0.717) is 0 Å². The molecule has 0 aliphatic carbocycles. The molecule has 0 saturated heterocycles. The van der Waals surface area contributed by atoms with E-state index in [4.69, 9.17) is 4.74 Å². The van der Waals surface area contributed by atoms with Gasteiger partial charge in [-0.05, 0) is 38.5 Å². The molecule has 0 unspecified atom stereocenters. The highest BCUT2D eigenvalue weighted by atomic mass is 32.1. The topological polar surface area (TPSA) is 34.2 Å². The van der Waals surface area contributed by atoms with E-state index in [1.165, 1.54) is 10.4 Å². The fraction of sp³-hybridized carbons (Fsp3) is 0.400. The van der Waals surface area contributed by atoms with E-state index in [9.17, 15) is 0 Å². The van der Waals surface area contributed by atoms with Crippen LogP contribution in [0, 0.1) is 6.92 Å². The van der Waals surface area contributed by atoms with Crippen molar-refractivity contribution < 1.29 is 4.74 Å². The van der Waals surface area contributed by atoms with Gasteiger partial charge in [-0.25, -0.2) is 4.98 Å². The van der Waals surface area contributed by atoms with Crippen molar-refractivity contribution in [3.05, 3.63) is 45.9 Å². The molecule has 19 heavy (non-hydrogen) atoms. The van der Waals surface area contributed by atoms with Gasteiger partial charge in [0.25, 0.3) is 0 Å². The van der Waals surface area contributed by atoms with Gasteiger partial charge in [0.2, 0.25) is 0 Å². The summed E-state index contributed by atoms with van der Waals surface area (Å²) < 4.78 is 5.69. The summed E-state index contributed by atoms with van der Waals surface area (Å²) in [5, 5.41) is 3.44. The number of hydrogen-bond acceptors (Lipinski definition) is 4. The van der Waals surface area contributed by atoms with Gasteiger partial charge in [-0.15, -0.1) is 11.3 Å². The maximum atomic E-state index is 5.69. The fourth-order valence-electron chi connectivity index (χ4n) is 1.82. The molecule has 3 nitrogen and oxygen atoms in total. The van der Waals surface area contributed by atoms with Gasteiger partial charge in [-0.3, -0.25) is 0 Å². The molecular weight excluding hydrogens is 256 g/mol. The van der Waals surface area contributed by atoms with Crippen molar-refractivity contribution in [2.24, 2.45) is 0 Å². The third-order valence-electron chi connectivity index (χ3n) is 2.73. The van der Waals surface area contributed by atoms with E-state index in [-0.39, 0.29) is 6.10 Å². The Balaban J connectivity index is 1.87. The molecule has 0 amide bonds. The van der Waals surface area contributed by atoms with Crippen LogP contribution in [0.1, 0.15) is 30.0 Å². The van der Waals surface area contributed by atoms with Crippen LogP contribution in [0.4, 0.5) is 0 Å². The summed E-state index contributed by atoms with van der Waals surface area (Å²) in [7, 11) is 0. The van der Waals surface area contributed by atoms with E-state index in [1.807, 2.05) is 38.4 Å². The first-order valence-electron chi connectivity index (χ1n) is 6.50. The Morgan fingerprint density at radius 3 is 2.84 bits per heavy atom. The van der Waals surface area contributed by atoms with Crippen molar-refractivity contribution >= 4 is 11.3 Å². The molecule has 0 fully saturated rings. The van der Waals surface area contributed by atoms with Crippen molar-refractivity contribution in [3.8, 4) is 5.75 Å². The highest BCUT2D eigenvalue weighted by Crippen LogP contribution is 2.15. The second kappa shape index (κ2) is 6.68. The molecule has 0 bridgehead atoms. The molecule has 1 N–H and O–H groups in total. The molecule has 2 rings (SSSR count). The standard InChI is InChI=1S/C15H20N2OS/c1-11(2)18-14-6-4-5-13(7-14)8-16-9-15-12(3)17-10-19-15/h4-7,10-11,16H,8-9H2,1-3H3. The second-order valence-corrected chi connectivity index (χ2v) is 5.72. The number of rotatable bonds is 6. The third kappa shape index (κ3) is 4.33. The highest BCUT2D eigenvalue weighted by Gasteiger charge is 2.02. The van der Waals surface area contributed by atoms with Crippen molar-refractivity contribution in [1.29, 1.82) is 0 Å². The van der Waals surface area contributed by atoms with Gasteiger partial charge in [0.1, 0.15) is 5.75 Å². The Labute approximate surface area is 118 Å². The van der Waals surface area contributed by atoms with E-state index in [0.717, 1.165) is 24.5 Å². The Kier molecular flexibility index (Phi) is 4.93. The Bertz CT molecular complexity index is 522. The lowest BCUT2D eigenvalue weighted by Crippen LogP contribution is -2.13. The molecular formula is C15H20N2OS. The molecule has 1 heterocycles. The molecule has 102 valence electrons. The van der Waals surface area contributed by atoms with Crippen LogP contribution in [-0.4, -0.2) is 11.1 Å². The van der Waals surface area contributed by atoms with Gasteiger partial charge in [0.15, 0.2) is 0 Å². The Hall–Kier alpha value is -1.39. The number of aromatic nitrogens is 1. The molecule has 0 radical (unpaired) electrons. The molecule has 0 atom stereocenters. The van der Waals surface area contributed by atoms with Crippen LogP contribution < -0.4 is 10.1 Å². The molecule has 2 aromatic rings. The van der Waals surface area contributed by atoms with E-state index >= 15 is 0 Å². The lowest BCUT2D eigenvalue weighted by Gasteiger charge is -2.11. The number of thiazole rings is 1. The van der Waals surface area contributed by atoms with Crippen LogP contribution in [-0.2, 0) is 13.1 Å². The first-order valence-corrected chi connectivity index (χ1v) is 7.38. The van der Waals surface area contributed by atoms with Gasteiger partial charge >= 0.3 is 0 Å². The molecule has 0 saturated carbocycles. The van der Waals surface area contributed by atoms with Crippen molar-refractivity contribution in [1.82, 2.24) is 10.3 Å². The summed E-state index contributed by atoms with van der Waals surface area (Å²) in [5.74, 6) is 0.934. The van der Waals surface area contributed by atoms with Gasteiger partial charge in [-0.2, -0.15) is 0 Å². The summed E-state index contributed by atoms with van der Waals surface area (Å²) in [5.41, 5.74) is 4.25. The predicted molar refractivity (Wildman–Crippen MR) is 79.6 cm³/mol. The monoisotopic (exact) mass is 276 g/mol. The lowest BCUT2D eigenvalue weighted by atomic mass is 10.2. The van der Waals surface area contributed by atoms with Crippen LogP contribution >= 0.6 is 11.3 Å². The van der Waals surface area contributed by atoms with Crippen LogP contribution in [0.15, 0.2) is 29.8 Å². The minimum Gasteiger partial charge on any atom is -0.491 e. The average Bonchev–Trinajstić information content (AvgIpc) is 2.75. The maximum Gasteiger partial charge on any atom is 0.120 e. The number of aryl methyl sites for hydroxylation is 1. The van der Waals surface area contributed by atoms with Crippen molar-refractivity contribution in [2.45, 2.75) is 40.0 Å². The average molecular weight is 276 g/mol. The van der Waals surface area contributed by atoms with Crippen molar-refractivity contribution in [3.63, 3.8) is 0 Å². The second-order valence-electron chi connectivity index (χ2n) is 4.78. The first kappa shape index (κ1) is 14.0. The Morgan fingerprint density at radius 1 is 1.32 bits per heavy atom. The normalized spacial score (nSPS) is 10.9. The molecule has 0 aliphatic rings. The van der Waals surface area contributed by atoms with E-state index < -0.39 is 0 Å². The Morgan fingerprint density at radius 2 is 2.16 bits per heavy atom. The number of hydrogen-bond donors (Lipinski definition) is 1. The smallest absolute Gasteiger partial charge is 0.120 e. The van der Waals surface area contributed by atoms with E-state index in [2.05, 4.69) is 22.4 Å². The molecule has 0 aliphatic heterocycles. The quantitative estimate of drug-likeness (QED) is 0.876. The number of nitrogens with zero attached hydrogens (tertiary/aromatic N) is 1. The SMILES string of the molecule is Cc1ncsc1CNCc1cccc(OC(C)C)c1. The summed E-state index contributed by atoms with van der Waals surface area (Å²) in [4.78, 5) is 5.55. The molecule has 4 heteroatoms.